The van der Waals surface area contributed by atoms with E-state index in [0.717, 1.165) is 23.1 Å². The van der Waals surface area contributed by atoms with Crippen LogP contribution < -0.4 is 10.2 Å². The first kappa shape index (κ1) is 20.8. The fourth-order valence-corrected chi connectivity index (χ4v) is 4.96. The summed E-state index contributed by atoms with van der Waals surface area (Å²) < 4.78 is 62.8. The van der Waals surface area contributed by atoms with Crippen molar-refractivity contribution in [3.05, 3.63) is 53.9 Å². The number of pyridine rings is 1. The number of carbonyl (C=O) groups is 2. The molecule has 1 saturated heterocycles. The molecule has 4 rings (SSSR count). The maximum atomic E-state index is 13.0. The number of rotatable bonds is 4. The van der Waals surface area contributed by atoms with E-state index >= 15 is 0 Å². The second kappa shape index (κ2) is 6.77. The van der Waals surface area contributed by atoms with Gasteiger partial charge < -0.3 is 5.32 Å². The van der Waals surface area contributed by atoms with E-state index in [9.17, 15) is 31.2 Å². The molecule has 2 fully saturated rings. The second-order valence-corrected chi connectivity index (χ2v) is 10.0. The molecule has 3 amide bonds. The zero-order valence-electron chi connectivity index (χ0n) is 15.0. The van der Waals surface area contributed by atoms with E-state index in [4.69, 9.17) is 0 Å². The molecular formula is C18H13BrF3N3O4S. The Morgan fingerprint density at radius 3 is 2.37 bits per heavy atom. The Bertz CT molecular complexity index is 1160. The Morgan fingerprint density at radius 2 is 1.83 bits per heavy atom. The van der Waals surface area contributed by atoms with Crippen molar-refractivity contribution in [1.82, 2.24) is 10.3 Å². The summed E-state index contributed by atoms with van der Waals surface area (Å²) in [5.74, 6) is -0.545. The number of halogens is 4. The van der Waals surface area contributed by atoms with Crippen molar-refractivity contribution >= 4 is 43.4 Å². The van der Waals surface area contributed by atoms with Gasteiger partial charge in [-0.1, -0.05) is 15.9 Å². The van der Waals surface area contributed by atoms with Crippen molar-refractivity contribution in [2.45, 2.75) is 33.6 Å². The molecule has 2 aliphatic rings. The number of carbonyl (C=O) groups excluding carboxylic acids is 2. The third-order valence-corrected chi connectivity index (χ3v) is 7.63. The molecule has 0 radical (unpaired) electrons. The van der Waals surface area contributed by atoms with Crippen molar-refractivity contribution in [1.29, 1.82) is 0 Å². The largest absolute Gasteiger partial charge is 0.501 e. The third kappa shape index (κ3) is 3.18. The van der Waals surface area contributed by atoms with Gasteiger partial charge in [-0.25, -0.2) is 18.1 Å². The van der Waals surface area contributed by atoms with Gasteiger partial charge in [0.25, 0.3) is 15.7 Å². The van der Waals surface area contributed by atoms with Crippen molar-refractivity contribution in [2.75, 3.05) is 4.90 Å². The van der Waals surface area contributed by atoms with E-state index in [1.54, 1.807) is 12.1 Å². The Balaban J connectivity index is 1.82. The number of alkyl halides is 4. The lowest BCUT2D eigenvalue weighted by Crippen LogP contribution is -2.35. The molecule has 1 saturated carbocycles. The van der Waals surface area contributed by atoms with Gasteiger partial charge in [0, 0.05) is 17.2 Å². The van der Waals surface area contributed by atoms with Gasteiger partial charge >= 0.3 is 11.5 Å². The lowest BCUT2D eigenvalue weighted by atomic mass is 10.0. The summed E-state index contributed by atoms with van der Waals surface area (Å²) in [7, 11) is -5.60. The number of nitrogens with zero attached hydrogens (tertiary/aromatic N) is 2. The minimum Gasteiger partial charge on any atom is -0.322 e. The fourth-order valence-electron chi connectivity index (χ4n) is 3.33. The number of aromatic nitrogens is 1. The number of hydrogen-bond acceptors (Lipinski definition) is 5. The normalized spacial score (nSPS) is 23.7. The third-order valence-electron chi connectivity index (χ3n) is 5.04. The number of amides is 3. The van der Waals surface area contributed by atoms with E-state index in [-0.39, 0.29) is 22.5 Å². The highest BCUT2D eigenvalue weighted by atomic mass is 79.9. The van der Waals surface area contributed by atoms with Gasteiger partial charge in [0.2, 0.25) is 0 Å². The zero-order valence-corrected chi connectivity index (χ0v) is 17.4. The topological polar surface area (TPSA) is 96.4 Å². The summed E-state index contributed by atoms with van der Waals surface area (Å²) in [4.78, 5) is 28.9. The SMILES string of the molecule is O=C1NC2(CC2Br)C(=O)N1c1ccc(S(=O)(=O)C(F)(F)F)cc1Cc1ccncc1. The number of nitrogens with one attached hydrogen (secondary N) is 1. The van der Waals surface area contributed by atoms with Crippen LogP contribution in [0.4, 0.5) is 23.7 Å². The number of urea groups is 1. The second-order valence-electron chi connectivity index (χ2n) is 6.99. The Hall–Kier alpha value is -2.47. The highest BCUT2D eigenvalue weighted by Gasteiger charge is 2.67. The van der Waals surface area contributed by atoms with E-state index in [2.05, 4.69) is 26.2 Å². The molecule has 7 nitrogen and oxygen atoms in total. The molecule has 2 unspecified atom stereocenters. The van der Waals surface area contributed by atoms with Crippen LogP contribution in [-0.4, -0.2) is 41.2 Å². The summed E-state index contributed by atoms with van der Waals surface area (Å²) >= 11 is 3.29. The average Bonchev–Trinajstić information content (AvgIpc) is 3.25. The van der Waals surface area contributed by atoms with Crippen molar-refractivity contribution in [3.8, 4) is 0 Å². The van der Waals surface area contributed by atoms with Crippen LogP contribution in [0.15, 0.2) is 47.6 Å². The number of imide groups is 1. The van der Waals surface area contributed by atoms with Gasteiger partial charge in [-0.2, -0.15) is 13.2 Å². The van der Waals surface area contributed by atoms with Gasteiger partial charge in [0.05, 0.1) is 10.6 Å². The number of sulfone groups is 1. The van der Waals surface area contributed by atoms with Gasteiger partial charge in [0.15, 0.2) is 0 Å². The minimum absolute atomic E-state index is 0.0130. The van der Waals surface area contributed by atoms with E-state index in [1.165, 1.54) is 12.4 Å². The highest BCUT2D eigenvalue weighted by Crippen LogP contribution is 2.48. The minimum atomic E-state index is -5.60. The molecule has 2 heterocycles. The summed E-state index contributed by atoms with van der Waals surface area (Å²) in [6.45, 7) is 0. The van der Waals surface area contributed by atoms with Crippen LogP contribution in [-0.2, 0) is 21.1 Å². The van der Waals surface area contributed by atoms with E-state index < -0.39 is 37.7 Å². The van der Waals surface area contributed by atoms with E-state index in [1.807, 2.05) is 0 Å². The molecule has 1 N–H and O–H groups in total. The molecule has 12 heteroatoms. The van der Waals surface area contributed by atoms with Crippen molar-refractivity contribution in [2.24, 2.45) is 0 Å². The molecule has 158 valence electrons. The quantitative estimate of drug-likeness (QED) is 0.511. The molecule has 1 spiro atoms. The Kier molecular flexibility index (Phi) is 4.69. The predicted molar refractivity (Wildman–Crippen MR) is 103 cm³/mol. The summed E-state index contributed by atoms with van der Waals surface area (Å²) in [5, 5.41) is 2.59. The smallest absolute Gasteiger partial charge is 0.322 e. The molecule has 1 aromatic carbocycles. The highest BCUT2D eigenvalue weighted by molar-refractivity contribution is 9.09. The van der Waals surface area contributed by atoms with Crippen molar-refractivity contribution in [3.63, 3.8) is 0 Å². The first-order valence-electron chi connectivity index (χ1n) is 8.61. The molecule has 1 aliphatic heterocycles. The first-order chi connectivity index (χ1) is 14.0. The van der Waals surface area contributed by atoms with Crippen LogP contribution in [0.2, 0.25) is 0 Å². The molecule has 2 aromatic rings. The maximum absolute atomic E-state index is 13.0. The maximum Gasteiger partial charge on any atom is 0.501 e. The molecular weight excluding hydrogens is 491 g/mol. The number of hydrogen-bond donors (Lipinski definition) is 1. The molecule has 1 aliphatic carbocycles. The Morgan fingerprint density at radius 1 is 1.20 bits per heavy atom. The molecule has 30 heavy (non-hydrogen) atoms. The lowest BCUT2D eigenvalue weighted by Gasteiger charge is -2.19. The molecule has 1 aromatic heterocycles. The van der Waals surface area contributed by atoms with Crippen LogP contribution >= 0.6 is 15.9 Å². The average molecular weight is 504 g/mol. The predicted octanol–water partition coefficient (Wildman–Crippen LogP) is 2.93. The van der Waals surface area contributed by atoms with Crippen LogP contribution in [0.5, 0.6) is 0 Å². The summed E-state index contributed by atoms with van der Waals surface area (Å²) in [5.41, 5.74) is -5.84. The monoisotopic (exact) mass is 503 g/mol. The number of anilines is 1. The first-order valence-corrected chi connectivity index (χ1v) is 11.0. The lowest BCUT2D eigenvalue weighted by molar-refractivity contribution is -0.119. The standard InChI is InChI=1S/C18H13BrF3N3O4S/c19-14-9-17(14)15(26)25(16(27)24-17)13-2-1-12(30(28,29)18(20,21)22)8-11(13)7-10-3-5-23-6-4-10/h1-6,8,14H,7,9H2,(H,24,27). The zero-order chi connectivity index (χ0) is 21.9. The summed E-state index contributed by atoms with van der Waals surface area (Å²) in [6, 6.07) is 5.12. The van der Waals surface area contributed by atoms with Crippen LogP contribution in [0.1, 0.15) is 17.5 Å². The van der Waals surface area contributed by atoms with Crippen molar-refractivity contribution < 1.29 is 31.2 Å². The summed E-state index contributed by atoms with van der Waals surface area (Å²) in [6.07, 6.45) is 3.30. The number of benzene rings is 1. The van der Waals surface area contributed by atoms with Crippen LogP contribution in [0.3, 0.4) is 0 Å². The fraction of sp³-hybridized carbons (Fsp3) is 0.278. The van der Waals surface area contributed by atoms with Gasteiger partial charge in [0.1, 0.15) is 5.54 Å². The van der Waals surface area contributed by atoms with Gasteiger partial charge in [-0.05, 0) is 54.3 Å². The van der Waals surface area contributed by atoms with Gasteiger partial charge in [-0.3, -0.25) is 9.78 Å². The van der Waals surface area contributed by atoms with Crippen LogP contribution in [0.25, 0.3) is 0 Å². The van der Waals surface area contributed by atoms with E-state index in [0.29, 0.717) is 12.0 Å². The van der Waals surface area contributed by atoms with Crippen LogP contribution in [0, 0.1) is 0 Å². The Labute approximate surface area is 177 Å². The molecule has 0 bridgehead atoms. The van der Waals surface area contributed by atoms with Gasteiger partial charge in [-0.15, -0.1) is 0 Å². The molecule has 2 atom stereocenters.